The molecule has 130 valence electrons. The van der Waals surface area contributed by atoms with Gasteiger partial charge in [0.15, 0.2) is 10.8 Å². The minimum Gasteiger partial charge on any atom is -0.342 e. The predicted molar refractivity (Wildman–Crippen MR) is 101 cm³/mol. The van der Waals surface area contributed by atoms with Crippen LogP contribution >= 0.6 is 11.8 Å². The minimum absolute atomic E-state index is 0.209. The van der Waals surface area contributed by atoms with Crippen LogP contribution < -0.4 is 0 Å². The maximum atomic E-state index is 12.6. The molecule has 1 aliphatic heterocycles. The van der Waals surface area contributed by atoms with Crippen LogP contribution in [0.25, 0.3) is 16.6 Å². The van der Waals surface area contributed by atoms with Crippen molar-refractivity contribution in [3.8, 4) is 0 Å². The summed E-state index contributed by atoms with van der Waals surface area (Å²) in [6, 6.07) is 10.4. The van der Waals surface area contributed by atoms with Crippen molar-refractivity contribution in [1.82, 2.24) is 19.5 Å². The molecule has 1 fully saturated rings. The molecule has 0 unspecified atom stereocenters. The third kappa shape index (κ3) is 3.23. The van der Waals surface area contributed by atoms with Crippen LogP contribution in [0.1, 0.15) is 31.2 Å². The summed E-state index contributed by atoms with van der Waals surface area (Å²) in [6.07, 6.45) is 4.70. The summed E-state index contributed by atoms with van der Waals surface area (Å²) in [5.41, 5.74) is 3.04. The van der Waals surface area contributed by atoms with E-state index in [2.05, 4.69) is 32.8 Å². The number of benzene rings is 1. The lowest BCUT2D eigenvalue weighted by molar-refractivity contribution is -0.128. The fraction of sp³-hybridized carbons (Fsp3) is 0.421. The van der Waals surface area contributed by atoms with Crippen LogP contribution in [-0.2, 0) is 4.79 Å². The highest BCUT2D eigenvalue weighted by atomic mass is 32.2. The topological polar surface area (TPSA) is 50.5 Å². The molecular formula is C19H22N4OS. The lowest BCUT2D eigenvalue weighted by atomic mass is 10.1. The fourth-order valence-corrected chi connectivity index (χ4v) is 4.33. The second-order valence-corrected chi connectivity index (χ2v) is 7.55. The van der Waals surface area contributed by atoms with E-state index >= 15 is 0 Å². The van der Waals surface area contributed by atoms with Crippen molar-refractivity contribution >= 4 is 34.2 Å². The van der Waals surface area contributed by atoms with Crippen LogP contribution in [0.4, 0.5) is 0 Å². The van der Waals surface area contributed by atoms with Crippen molar-refractivity contribution in [2.45, 2.75) is 37.8 Å². The van der Waals surface area contributed by atoms with E-state index in [1.54, 1.807) is 0 Å². The first-order valence-corrected chi connectivity index (χ1v) is 9.86. The molecule has 0 N–H and O–H groups in total. The smallest absolute Gasteiger partial charge is 0.233 e. The number of thioether (sulfide) groups is 1. The molecule has 0 aliphatic carbocycles. The average Bonchev–Trinajstić information content (AvgIpc) is 2.86. The Hall–Kier alpha value is -2.08. The molecule has 1 aliphatic rings. The van der Waals surface area contributed by atoms with E-state index < -0.39 is 0 Å². The number of carbonyl (C=O) groups is 1. The van der Waals surface area contributed by atoms with Crippen LogP contribution in [0.3, 0.4) is 0 Å². The monoisotopic (exact) mass is 354 g/mol. The van der Waals surface area contributed by atoms with Crippen LogP contribution in [-0.4, -0.2) is 44.2 Å². The Kier molecular flexibility index (Phi) is 4.61. The lowest BCUT2D eigenvalue weighted by Crippen LogP contribution is -2.33. The number of nitrogens with zero attached hydrogens (tertiary/aromatic N) is 4. The van der Waals surface area contributed by atoms with E-state index in [0.29, 0.717) is 5.75 Å². The van der Waals surface area contributed by atoms with Crippen molar-refractivity contribution < 1.29 is 4.79 Å². The van der Waals surface area contributed by atoms with Crippen molar-refractivity contribution in [3.05, 3.63) is 35.9 Å². The largest absolute Gasteiger partial charge is 0.342 e. The van der Waals surface area contributed by atoms with Gasteiger partial charge in [-0.1, -0.05) is 42.8 Å². The summed E-state index contributed by atoms with van der Waals surface area (Å²) in [4.78, 5) is 14.6. The molecule has 3 aromatic rings. The average molecular weight is 354 g/mol. The summed E-state index contributed by atoms with van der Waals surface area (Å²) in [5.74, 6) is 0.629. The van der Waals surface area contributed by atoms with Gasteiger partial charge in [0.25, 0.3) is 0 Å². The molecule has 4 rings (SSSR count). The highest BCUT2D eigenvalue weighted by molar-refractivity contribution is 7.99. The first kappa shape index (κ1) is 16.4. The number of aromatic nitrogens is 3. The van der Waals surface area contributed by atoms with Gasteiger partial charge in [-0.05, 0) is 42.8 Å². The molecule has 1 amide bonds. The molecule has 1 saturated heterocycles. The number of hydrogen-bond donors (Lipinski definition) is 0. The number of carbonyl (C=O) groups excluding carboxylic acids is 1. The number of pyridine rings is 1. The van der Waals surface area contributed by atoms with Gasteiger partial charge >= 0.3 is 0 Å². The number of rotatable bonds is 3. The zero-order valence-electron chi connectivity index (χ0n) is 14.4. The van der Waals surface area contributed by atoms with Gasteiger partial charge in [0.05, 0.1) is 11.3 Å². The third-order valence-corrected chi connectivity index (χ3v) is 5.73. The normalized spacial score (nSPS) is 15.6. The quantitative estimate of drug-likeness (QED) is 0.673. The Labute approximate surface area is 151 Å². The second-order valence-electron chi connectivity index (χ2n) is 6.61. The SMILES string of the molecule is Cc1cc2ccccc2n2c(SCC(=O)N3CCCCCC3)nnc12. The molecule has 0 bridgehead atoms. The van der Waals surface area contributed by atoms with Crippen molar-refractivity contribution in [1.29, 1.82) is 0 Å². The number of fused-ring (bicyclic) bond motifs is 3. The van der Waals surface area contributed by atoms with E-state index in [0.717, 1.165) is 53.2 Å². The van der Waals surface area contributed by atoms with Crippen molar-refractivity contribution in [2.75, 3.05) is 18.8 Å². The Morgan fingerprint density at radius 3 is 2.68 bits per heavy atom. The zero-order chi connectivity index (χ0) is 17.2. The Balaban J connectivity index is 1.60. The number of hydrogen-bond acceptors (Lipinski definition) is 4. The van der Waals surface area contributed by atoms with E-state index in [1.165, 1.54) is 24.6 Å². The summed E-state index contributed by atoms with van der Waals surface area (Å²) in [6.45, 7) is 3.83. The maximum Gasteiger partial charge on any atom is 0.233 e. The van der Waals surface area contributed by atoms with E-state index in [4.69, 9.17) is 0 Å². The Morgan fingerprint density at radius 2 is 1.88 bits per heavy atom. The summed E-state index contributed by atoms with van der Waals surface area (Å²) in [5, 5.41) is 10.6. The van der Waals surface area contributed by atoms with Crippen LogP contribution in [0.2, 0.25) is 0 Å². The van der Waals surface area contributed by atoms with E-state index in [-0.39, 0.29) is 5.91 Å². The van der Waals surface area contributed by atoms with Crippen LogP contribution in [0.5, 0.6) is 0 Å². The summed E-state index contributed by atoms with van der Waals surface area (Å²) in [7, 11) is 0. The fourth-order valence-electron chi connectivity index (χ4n) is 3.48. The Bertz CT molecular complexity index is 912. The van der Waals surface area contributed by atoms with Gasteiger partial charge in [-0.3, -0.25) is 9.20 Å². The van der Waals surface area contributed by atoms with Crippen molar-refractivity contribution in [2.24, 2.45) is 0 Å². The Morgan fingerprint density at radius 1 is 1.12 bits per heavy atom. The van der Waals surface area contributed by atoms with Gasteiger partial charge in [-0.15, -0.1) is 10.2 Å². The van der Waals surface area contributed by atoms with Gasteiger partial charge in [0, 0.05) is 13.1 Å². The maximum absolute atomic E-state index is 12.6. The highest BCUT2D eigenvalue weighted by Gasteiger charge is 2.18. The predicted octanol–water partition coefficient (Wildman–Crippen LogP) is 3.69. The molecule has 5 nitrogen and oxygen atoms in total. The molecule has 0 atom stereocenters. The third-order valence-electron chi connectivity index (χ3n) is 4.82. The number of para-hydroxylation sites is 1. The molecule has 6 heteroatoms. The van der Waals surface area contributed by atoms with E-state index in [1.807, 2.05) is 24.0 Å². The highest BCUT2D eigenvalue weighted by Crippen LogP contribution is 2.25. The second kappa shape index (κ2) is 7.04. The number of likely N-dealkylation sites (tertiary alicyclic amines) is 1. The number of amides is 1. The van der Waals surface area contributed by atoms with Gasteiger partial charge in [0.1, 0.15) is 0 Å². The zero-order valence-corrected chi connectivity index (χ0v) is 15.3. The van der Waals surface area contributed by atoms with Gasteiger partial charge in [0.2, 0.25) is 5.91 Å². The first-order chi connectivity index (χ1) is 12.2. The molecule has 0 spiro atoms. The van der Waals surface area contributed by atoms with E-state index in [9.17, 15) is 4.79 Å². The van der Waals surface area contributed by atoms with Gasteiger partial charge in [-0.2, -0.15) is 0 Å². The molecule has 1 aromatic carbocycles. The molecule has 25 heavy (non-hydrogen) atoms. The molecule has 0 saturated carbocycles. The molecule has 3 heterocycles. The van der Waals surface area contributed by atoms with Crippen LogP contribution in [0.15, 0.2) is 35.5 Å². The first-order valence-electron chi connectivity index (χ1n) is 8.88. The summed E-state index contributed by atoms with van der Waals surface area (Å²) >= 11 is 1.49. The van der Waals surface area contributed by atoms with Crippen LogP contribution in [0, 0.1) is 6.92 Å². The lowest BCUT2D eigenvalue weighted by Gasteiger charge is -2.19. The van der Waals surface area contributed by atoms with Crippen molar-refractivity contribution in [3.63, 3.8) is 0 Å². The summed E-state index contributed by atoms with van der Waals surface area (Å²) < 4.78 is 2.07. The van der Waals surface area contributed by atoms with Gasteiger partial charge in [-0.25, -0.2) is 0 Å². The standard InChI is InChI=1S/C19H22N4OS/c1-14-12-15-8-4-5-9-16(15)23-18(14)20-21-19(23)25-13-17(24)22-10-6-2-3-7-11-22/h4-5,8-9,12H,2-3,6-7,10-11,13H2,1H3. The molecule has 0 radical (unpaired) electrons. The minimum atomic E-state index is 0.209. The molecule has 2 aromatic heterocycles. The van der Waals surface area contributed by atoms with Gasteiger partial charge < -0.3 is 4.90 Å². The molecular weight excluding hydrogens is 332 g/mol. The number of aryl methyl sites for hydroxylation is 1.